The van der Waals surface area contributed by atoms with Crippen LogP contribution in [0.2, 0.25) is 0 Å². The summed E-state index contributed by atoms with van der Waals surface area (Å²) in [7, 11) is 0. The fourth-order valence-electron chi connectivity index (χ4n) is 3.12. The molecule has 2 aromatic rings. The van der Waals surface area contributed by atoms with E-state index < -0.39 is 0 Å². The van der Waals surface area contributed by atoms with Crippen molar-refractivity contribution >= 4 is 5.91 Å². The molecule has 1 saturated heterocycles. The highest BCUT2D eigenvalue weighted by molar-refractivity contribution is 5.79. The monoisotopic (exact) mass is 341 g/mol. The molecule has 1 aromatic carbocycles. The quantitative estimate of drug-likeness (QED) is 0.844. The molecule has 0 N–H and O–H groups in total. The SMILES string of the molecule is O=C(Cc1ccc2c(c1)OCO2)N1CCC[C@H](Oc2cccnn2)C1. The van der Waals surface area contributed by atoms with E-state index in [9.17, 15) is 4.79 Å². The van der Waals surface area contributed by atoms with Gasteiger partial charge in [-0.1, -0.05) is 6.07 Å². The van der Waals surface area contributed by atoms with Crippen molar-refractivity contribution in [1.29, 1.82) is 0 Å². The van der Waals surface area contributed by atoms with Gasteiger partial charge in [-0.2, -0.15) is 5.10 Å². The number of nitrogens with zero attached hydrogens (tertiary/aromatic N) is 3. The van der Waals surface area contributed by atoms with Crippen LogP contribution in [0.4, 0.5) is 0 Å². The number of rotatable bonds is 4. The summed E-state index contributed by atoms with van der Waals surface area (Å²) in [5.74, 6) is 2.02. The van der Waals surface area contributed by atoms with Crippen molar-refractivity contribution in [2.24, 2.45) is 0 Å². The Hall–Kier alpha value is -2.83. The zero-order valence-electron chi connectivity index (χ0n) is 13.8. The molecule has 7 nitrogen and oxygen atoms in total. The van der Waals surface area contributed by atoms with Gasteiger partial charge in [0.15, 0.2) is 11.5 Å². The number of piperidine rings is 1. The lowest BCUT2D eigenvalue weighted by Crippen LogP contribution is -2.45. The molecule has 0 unspecified atom stereocenters. The summed E-state index contributed by atoms with van der Waals surface area (Å²) in [4.78, 5) is 14.5. The highest BCUT2D eigenvalue weighted by Crippen LogP contribution is 2.32. The molecule has 0 radical (unpaired) electrons. The number of hydrogen-bond donors (Lipinski definition) is 0. The highest BCUT2D eigenvalue weighted by Gasteiger charge is 2.25. The van der Waals surface area contributed by atoms with Crippen LogP contribution in [0.1, 0.15) is 18.4 Å². The van der Waals surface area contributed by atoms with Gasteiger partial charge in [-0.25, -0.2) is 0 Å². The molecule has 25 heavy (non-hydrogen) atoms. The molecule has 0 saturated carbocycles. The van der Waals surface area contributed by atoms with Crippen molar-refractivity contribution in [3.63, 3.8) is 0 Å². The number of fused-ring (bicyclic) bond motifs is 1. The van der Waals surface area contributed by atoms with Crippen LogP contribution in [0.25, 0.3) is 0 Å². The predicted octanol–water partition coefficient (Wildman–Crippen LogP) is 1.82. The Morgan fingerprint density at radius 1 is 1.28 bits per heavy atom. The molecule has 0 bridgehead atoms. The fraction of sp³-hybridized carbons (Fsp3) is 0.389. The second-order valence-electron chi connectivity index (χ2n) is 6.15. The van der Waals surface area contributed by atoms with Gasteiger partial charge in [-0.3, -0.25) is 4.79 Å². The first-order valence-corrected chi connectivity index (χ1v) is 8.38. The van der Waals surface area contributed by atoms with Gasteiger partial charge in [-0.05, 0) is 36.6 Å². The lowest BCUT2D eigenvalue weighted by molar-refractivity contribution is -0.133. The van der Waals surface area contributed by atoms with Gasteiger partial charge in [-0.15, -0.1) is 5.10 Å². The van der Waals surface area contributed by atoms with Crippen molar-refractivity contribution in [2.45, 2.75) is 25.4 Å². The summed E-state index contributed by atoms with van der Waals surface area (Å²) in [6, 6.07) is 9.19. The largest absolute Gasteiger partial charge is 0.471 e. The Labute approximate surface area is 145 Å². The maximum absolute atomic E-state index is 12.6. The number of benzene rings is 1. The van der Waals surface area contributed by atoms with E-state index in [1.54, 1.807) is 18.3 Å². The average molecular weight is 341 g/mol. The van der Waals surface area contributed by atoms with Crippen molar-refractivity contribution in [3.05, 3.63) is 42.1 Å². The average Bonchev–Trinajstić information content (AvgIpc) is 3.10. The second-order valence-corrected chi connectivity index (χ2v) is 6.15. The van der Waals surface area contributed by atoms with Gasteiger partial charge < -0.3 is 19.1 Å². The molecule has 2 aliphatic heterocycles. The number of carbonyl (C=O) groups excluding carboxylic acids is 1. The maximum atomic E-state index is 12.6. The van der Waals surface area contributed by atoms with Crippen LogP contribution in [0.5, 0.6) is 17.4 Å². The van der Waals surface area contributed by atoms with E-state index in [0.29, 0.717) is 24.6 Å². The standard InChI is InChI=1S/C18H19N3O4/c22-18(10-13-5-6-15-16(9-13)24-12-23-15)21-8-2-3-14(11-21)25-17-4-1-7-19-20-17/h1,4-7,9,14H,2-3,8,10-12H2/t14-/m0/s1. The molecule has 0 aliphatic carbocycles. The minimum atomic E-state index is -0.0499. The number of amides is 1. The van der Waals surface area contributed by atoms with Crippen molar-refractivity contribution < 1.29 is 19.0 Å². The molecule has 1 amide bonds. The molecule has 4 rings (SSSR count). The summed E-state index contributed by atoms with van der Waals surface area (Å²) in [6.45, 7) is 1.56. The van der Waals surface area contributed by atoms with Crippen molar-refractivity contribution in [3.8, 4) is 17.4 Å². The minimum Gasteiger partial charge on any atom is -0.471 e. The van der Waals surface area contributed by atoms with Crippen LogP contribution in [0, 0.1) is 0 Å². The van der Waals surface area contributed by atoms with E-state index in [1.165, 1.54) is 0 Å². The molecule has 1 aromatic heterocycles. The van der Waals surface area contributed by atoms with E-state index in [-0.39, 0.29) is 18.8 Å². The zero-order chi connectivity index (χ0) is 17.1. The summed E-state index contributed by atoms with van der Waals surface area (Å²) < 4.78 is 16.5. The number of aromatic nitrogens is 2. The van der Waals surface area contributed by atoms with Crippen LogP contribution < -0.4 is 14.2 Å². The van der Waals surface area contributed by atoms with Gasteiger partial charge in [0.25, 0.3) is 0 Å². The van der Waals surface area contributed by atoms with Crippen LogP contribution in [0.15, 0.2) is 36.5 Å². The fourth-order valence-corrected chi connectivity index (χ4v) is 3.12. The number of hydrogen-bond acceptors (Lipinski definition) is 6. The van der Waals surface area contributed by atoms with Crippen LogP contribution in [0.3, 0.4) is 0 Å². The van der Waals surface area contributed by atoms with Crippen LogP contribution in [-0.2, 0) is 11.2 Å². The molecular formula is C18H19N3O4. The van der Waals surface area contributed by atoms with Gasteiger partial charge in [0.05, 0.1) is 13.0 Å². The second kappa shape index (κ2) is 6.96. The van der Waals surface area contributed by atoms with Crippen LogP contribution in [-0.4, -0.2) is 47.0 Å². The molecule has 1 fully saturated rings. The van der Waals surface area contributed by atoms with E-state index in [1.807, 2.05) is 23.1 Å². The summed E-state index contributed by atoms with van der Waals surface area (Å²) >= 11 is 0. The Morgan fingerprint density at radius 2 is 2.20 bits per heavy atom. The third-order valence-corrected chi connectivity index (χ3v) is 4.36. The summed E-state index contributed by atoms with van der Waals surface area (Å²) in [5.41, 5.74) is 0.922. The molecule has 1 atom stereocenters. The van der Waals surface area contributed by atoms with E-state index in [0.717, 1.165) is 30.7 Å². The molecule has 2 aliphatic rings. The van der Waals surface area contributed by atoms with E-state index in [2.05, 4.69) is 10.2 Å². The first kappa shape index (κ1) is 15.7. The minimum absolute atomic E-state index is 0.0499. The molecule has 7 heteroatoms. The van der Waals surface area contributed by atoms with Crippen molar-refractivity contribution in [2.75, 3.05) is 19.9 Å². The van der Waals surface area contributed by atoms with Crippen molar-refractivity contribution in [1.82, 2.24) is 15.1 Å². The molecule has 0 spiro atoms. The lowest BCUT2D eigenvalue weighted by Gasteiger charge is -2.32. The molecule has 130 valence electrons. The number of likely N-dealkylation sites (tertiary alicyclic amines) is 1. The Morgan fingerprint density at radius 3 is 3.08 bits per heavy atom. The van der Waals surface area contributed by atoms with Gasteiger partial charge in [0.1, 0.15) is 6.10 Å². The smallest absolute Gasteiger partial charge is 0.233 e. The normalized spacial score (nSPS) is 18.9. The molecular weight excluding hydrogens is 322 g/mol. The molecule has 3 heterocycles. The Bertz CT molecular complexity index is 753. The maximum Gasteiger partial charge on any atom is 0.233 e. The van der Waals surface area contributed by atoms with Gasteiger partial charge >= 0.3 is 0 Å². The van der Waals surface area contributed by atoms with E-state index in [4.69, 9.17) is 14.2 Å². The Balaban J connectivity index is 1.36. The van der Waals surface area contributed by atoms with Crippen LogP contribution >= 0.6 is 0 Å². The Kier molecular flexibility index (Phi) is 4.37. The third-order valence-electron chi connectivity index (χ3n) is 4.36. The van der Waals surface area contributed by atoms with E-state index >= 15 is 0 Å². The predicted molar refractivity (Wildman–Crippen MR) is 88.5 cm³/mol. The number of carbonyl (C=O) groups is 1. The lowest BCUT2D eigenvalue weighted by atomic mass is 10.1. The summed E-state index contributed by atoms with van der Waals surface area (Å²) in [5, 5.41) is 7.75. The zero-order valence-corrected chi connectivity index (χ0v) is 13.8. The highest BCUT2D eigenvalue weighted by atomic mass is 16.7. The van der Waals surface area contributed by atoms with Gasteiger partial charge in [0, 0.05) is 18.8 Å². The topological polar surface area (TPSA) is 73.8 Å². The van der Waals surface area contributed by atoms with Gasteiger partial charge in [0.2, 0.25) is 18.6 Å². The first-order chi connectivity index (χ1) is 12.3. The first-order valence-electron chi connectivity index (χ1n) is 8.38. The summed E-state index contributed by atoms with van der Waals surface area (Å²) in [6.07, 6.45) is 3.72. The number of ether oxygens (including phenoxy) is 3. The third kappa shape index (κ3) is 3.65.